The van der Waals surface area contributed by atoms with Gasteiger partial charge in [-0.15, -0.1) is 0 Å². The third-order valence-electron chi connectivity index (χ3n) is 2.04. The first-order valence-electron chi connectivity index (χ1n) is 4.90. The van der Waals surface area contributed by atoms with Gasteiger partial charge in [-0.05, 0) is 24.1 Å². The average Bonchev–Trinajstić information content (AvgIpc) is 2.26. The first-order chi connectivity index (χ1) is 7.84. The largest absolute Gasteiger partial charge is 0.493 e. The molecule has 0 N–H and O–H groups in total. The fraction of sp³-hybridized carbons (Fsp3) is 0.455. The van der Waals surface area contributed by atoms with Gasteiger partial charge < -0.3 is 4.74 Å². The number of hydrogen-bond donors (Lipinski definition) is 0. The summed E-state index contributed by atoms with van der Waals surface area (Å²) in [4.78, 5) is 0. The predicted molar refractivity (Wildman–Crippen MR) is 59.9 cm³/mol. The van der Waals surface area contributed by atoms with E-state index in [-0.39, 0.29) is 18.3 Å². The molecule has 0 radical (unpaired) electrons. The van der Waals surface area contributed by atoms with Crippen LogP contribution in [-0.2, 0) is 6.18 Å². The lowest BCUT2D eigenvalue weighted by molar-refractivity contribution is -0.140. The molecular formula is C11H11BrF4O. The number of hydrogen-bond acceptors (Lipinski definition) is 1. The number of rotatable bonds is 4. The van der Waals surface area contributed by atoms with Crippen molar-refractivity contribution in [1.82, 2.24) is 0 Å². The van der Waals surface area contributed by atoms with Crippen molar-refractivity contribution in [3.05, 3.63) is 29.6 Å². The molecule has 0 saturated carbocycles. The Morgan fingerprint density at radius 2 is 2.00 bits per heavy atom. The lowest BCUT2D eigenvalue weighted by Gasteiger charge is -2.13. The van der Waals surface area contributed by atoms with Gasteiger partial charge in [-0.3, -0.25) is 0 Å². The number of benzene rings is 1. The molecule has 0 bridgehead atoms. The molecule has 6 heteroatoms. The molecule has 0 aromatic heterocycles. The van der Waals surface area contributed by atoms with Crippen molar-refractivity contribution >= 4 is 15.9 Å². The Labute approximate surface area is 105 Å². The number of halogens is 5. The second-order valence-corrected chi connectivity index (χ2v) is 4.36. The lowest BCUT2D eigenvalue weighted by Crippen LogP contribution is -2.12. The zero-order valence-electron chi connectivity index (χ0n) is 9.02. The Kier molecular flexibility index (Phi) is 4.80. The van der Waals surface area contributed by atoms with Gasteiger partial charge in [0, 0.05) is 5.33 Å². The number of ether oxygens (including phenoxy) is 1. The van der Waals surface area contributed by atoms with Crippen molar-refractivity contribution < 1.29 is 22.3 Å². The Hall–Kier alpha value is -0.780. The molecule has 96 valence electrons. The summed E-state index contributed by atoms with van der Waals surface area (Å²) in [6.07, 6.45) is -4.70. The number of alkyl halides is 4. The molecule has 1 rings (SSSR count). The second kappa shape index (κ2) is 5.71. The highest BCUT2D eigenvalue weighted by Crippen LogP contribution is 2.33. The highest BCUT2D eigenvalue weighted by atomic mass is 79.9. The van der Waals surface area contributed by atoms with Crippen LogP contribution in [0.25, 0.3) is 0 Å². The minimum Gasteiger partial charge on any atom is -0.493 e. The van der Waals surface area contributed by atoms with Crippen LogP contribution in [-0.4, -0.2) is 11.9 Å². The van der Waals surface area contributed by atoms with Crippen LogP contribution < -0.4 is 4.74 Å². The maximum Gasteiger partial charge on any atom is 0.419 e. The van der Waals surface area contributed by atoms with E-state index in [0.717, 1.165) is 6.07 Å². The highest BCUT2D eigenvalue weighted by molar-refractivity contribution is 9.09. The van der Waals surface area contributed by atoms with Crippen LogP contribution in [0.5, 0.6) is 5.75 Å². The lowest BCUT2D eigenvalue weighted by atomic mass is 10.2. The van der Waals surface area contributed by atoms with Gasteiger partial charge in [-0.2, -0.15) is 13.2 Å². The summed E-state index contributed by atoms with van der Waals surface area (Å²) in [7, 11) is 0. The van der Waals surface area contributed by atoms with Crippen LogP contribution >= 0.6 is 15.9 Å². The molecule has 0 aliphatic rings. The van der Waals surface area contributed by atoms with Gasteiger partial charge >= 0.3 is 6.18 Å². The maximum absolute atomic E-state index is 12.9. The van der Waals surface area contributed by atoms with E-state index in [9.17, 15) is 17.6 Å². The van der Waals surface area contributed by atoms with E-state index in [2.05, 4.69) is 15.9 Å². The zero-order chi connectivity index (χ0) is 13.1. The second-order valence-electron chi connectivity index (χ2n) is 3.71. The summed E-state index contributed by atoms with van der Waals surface area (Å²) in [5, 5.41) is 0.681. The van der Waals surface area contributed by atoms with E-state index in [1.165, 1.54) is 6.07 Å². The third kappa shape index (κ3) is 4.18. The summed E-state index contributed by atoms with van der Waals surface area (Å²) in [6, 6.07) is 2.62. The van der Waals surface area contributed by atoms with Crippen molar-refractivity contribution in [2.45, 2.75) is 13.1 Å². The molecular weight excluding hydrogens is 304 g/mol. The summed E-state index contributed by atoms with van der Waals surface area (Å²) in [6.45, 7) is 2.15. The third-order valence-corrected chi connectivity index (χ3v) is 3.15. The molecule has 17 heavy (non-hydrogen) atoms. The molecule has 0 fully saturated rings. The van der Waals surface area contributed by atoms with Crippen LogP contribution in [0.3, 0.4) is 0 Å². The molecule has 0 amide bonds. The van der Waals surface area contributed by atoms with Crippen molar-refractivity contribution in [1.29, 1.82) is 0 Å². The smallest absolute Gasteiger partial charge is 0.419 e. The molecule has 0 spiro atoms. The van der Waals surface area contributed by atoms with E-state index >= 15 is 0 Å². The zero-order valence-corrected chi connectivity index (χ0v) is 10.6. The molecule has 0 aliphatic carbocycles. The molecule has 1 aromatic carbocycles. The van der Waals surface area contributed by atoms with Gasteiger partial charge in [0.05, 0.1) is 12.2 Å². The standard InChI is InChI=1S/C11H11BrF4O/c1-7(5-12)6-17-8-2-3-10(13)9(4-8)11(14,15)16/h2-4,7H,5-6H2,1H3. The molecule has 1 unspecified atom stereocenters. The summed E-state index contributed by atoms with van der Waals surface area (Å²) < 4.78 is 55.3. The molecule has 1 nitrogen and oxygen atoms in total. The van der Waals surface area contributed by atoms with Crippen molar-refractivity contribution in [2.24, 2.45) is 5.92 Å². The van der Waals surface area contributed by atoms with Crippen molar-refractivity contribution in [3.8, 4) is 5.75 Å². The van der Waals surface area contributed by atoms with Gasteiger partial charge in [-0.25, -0.2) is 4.39 Å². The Balaban J connectivity index is 2.82. The van der Waals surface area contributed by atoms with Crippen LogP contribution in [0.4, 0.5) is 17.6 Å². The molecule has 0 heterocycles. The summed E-state index contributed by atoms with van der Waals surface area (Å²) in [5.74, 6) is -1.11. The Bertz CT molecular complexity index is 378. The minimum atomic E-state index is -4.70. The van der Waals surface area contributed by atoms with Gasteiger partial charge in [0.2, 0.25) is 0 Å². The van der Waals surface area contributed by atoms with Crippen LogP contribution in [0, 0.1) is 11.7 Å². The highest BCUT2D eigenvalue weighted by Gasteiger charge is 2.34. The van der Waals surface area contributed by atoms with Crippen LogP contribution in [0.2, 0.25) is 0 Å². The maximum atomic E-state index is 12.9. The monoisotopic (exact) mass is 314 g/mol. The normalized spacial score (nSPS) is 13.5. The molecule has 0 saturated heterocycles. The molecule has 0 aliphatic heterocycles. The van der Waals surface area contributed by atoms with Crippen molar-refractivity contribution in [3.63, 3.8) is 0 Å². The average molecular weight is 315 g/mol. The SMILES string of the molecule is CC(CBr)COc1ccc(F)c(C(F)(F)F)c1. The first kappa shape index (κ1) is 14.3. The molecule has 1 atom stereocenters. The summed E-state index contributed by atoms with van der Waals surface area (Å²) in [5.41, 5.74) is -1.30. The fourth-order valence-electron chi connectivity index (χ4n) is 1.09. The summed E-state index contributed by atoms with van der Waals surface area (Å²) >= 11 is 3.23. The predicted octanol–water partition coefficient (Wildman–Crippen LogP) is 4.25. The molecule has 1 aromatic rings. The van der Waals surface area contributed by atoms with Gasteiger partial charge in [0.25, 0.3) is 0 Å². The fourth-order valence-corrected chi connectivity index (χ4v) is 1.28. The minimum absolute atomic E-state index is 0.0199. The van der Waals surface area contributed by atoms with E-state index in [4.69, 9.17) is 4.74 Å². The van der Waals surface area contributed by atoms with E-state index in [1.807, 2.05) is 6.92 Å². The van der Waals surface area contributed by atoms with E-state index < -0.39 is 17.6 Å². The topological polar surface area (TPSA) is 9.23 Å². The Morgan fingerprint density at radius 1 is 1.35 bits per heavy atom. The van der Waals surface area contributed by atoms with Gasteiger partial charge in [-0.1, -0.05) is 22.9 Å². The Morgan fingerprint density at radius 3 is 2.53 bits per heavy atom. The quantitative estimate of drug-likeness (QED) is 0.596. The van der Waals surface area contributed by atoms with E-state index in [1.54, 1.807) is 0 Å². The van der Waals surface area contributed by atoms with Gasteiger partial charge in [0.15, 0.2) is 0 Å². The van der Waals surface area contributed by atoms with Crippen LogP contribution in [0.15, 0.2) is 18.2 Å². The van der Waals surface area contributed by atoms with Gasteiger partial charge in [0.1, 0.15) is 11.6 Å². The van der Waals surface area contributed by atoms with E-state index in [0.29, 0.717) is 11.4 Å². The first-order valence-corrected chi connectivity index (χ1v) is 6.02. The van der Waals surface area contributed by atoms with Crippen LogP contribution in [0.1, 0.15) is 12.5 Å². The van der Waals surface area contributed by atoms with Crippen molar-refractivity contribution in [2.75, 3.05) is 11.9 Å².